The Bertz CT molecular complexity index is 758. The van der Waals surface area contributed by atoms with E-state index in [-0.39, 0.29) is 30.2 Å². The highest BCUT2D eigenvalue weighted by molar-refractivity contribution is 5.81. The zero-order valence-corrected chi connectivity index (χ0v) is 12.9. The van der Waals surface area contributed by atoms with E-state index in [0.29, 0.717) is 25.2 Å². The lowest BCUT2D eigenvalue weighted by Gasteiger charge is -2.19. The molecule has 7 heteroatoms. The van der Waals surface area contributed by atoms with Crippen molar-refractivity contribution in [1.82, 2.24) is 15.1 Å². The molecule has 3 rings (SSSR count). The minimum atomic E-state index is -0.282. The average Bonchev–Trinajstić information content (AvgIpc) is 2.98. The third-order valence-corrected chi connectivity index (χ3v) is 3.81. The molecule has 1 fully saturated rings. The van der Waals surface area contributed by atoms with Crippen molar-refractivity contribution in [3.63, 3.8) is 0 Å². The summed E-state index contributed by atoms with van der Waals surface area (Å²) in [4.78, 5) is 24.5. The van der Waals surface area contributed by atoms with Gasteiger partial charge in [0.1, 0.15) is 12.6 Å². The number of hydrogen-bond acceptors (Lipinski definition) is 5. The van der Waals surface area contributed by atoms with Crippen molar-refractivity contribution in [2.75, 3.05) is 19.8 Å². The van der Waals surface area contributed by atoms with Gasteiger partial charge in [-0.3, -0.25) is 9.59 Å². The maximum Gasteiger partial charge on any atom is 0.275 e. The molecule has 1 aliphatic heterocycles. The van der Waals surface area contributed by atoms with Crippen LogP contribution in [-0.2, 0) is 20.8 Å². The van der Waals surface area contributed by atoms with Gasteiger partial charge in [0.25, 0.3) is 5.56 Å². The van der Waals surface area contributed by atoms with Gasteiger partial charge >= 0.3 is 0 Å². The second kappa shape index (κ2) is 6.89. The van der Waals surface area contributed by atoms with Crippen molar-refractivity contribution in [3.8, 4) is 0 Å². The first-order valence-electron chi connectivity index (χ1n) is 7.62. The van der Waals surface area contributed by atoms with Gasteiger partial charge in [-0.1, -0.05) is 18.2 Å². The lowest BCUT2D eigenvalue weighted by atomic mass is 10.2. The second-order valence-corrected chi connectivity index (χ2v) is 5.40. The molecule has 23 heavy (non-hydrogen) atoms. The Balaban J connectivity index is 1.71. The fraction of sp³-hybridized carbons (Fsp3) is 0.438. The number of aromatic nitrogens is 2. The van der Waals surface area contributed by atoms with E-state index in [1.165, 1.54) is 4.68 Å². The van der Waals surface area contributed by atoms with Gasteiger partial charge in [-0.25, -0.2) is 4.68 Å². The summed E-state index contributed by atoms with van der Waals surface area (Å²) in [6.07, 6.45) is 1.44. The number of hydrogen-bond donors (Lipinski definition) is 1. The van der Waals surface area contributed by atoms with Crippen LogP contribution in [0.25, 0.3) is 10.8 Å². The first-order valence-corrected chi connectivity index (χ1v) is 7.62. The van der Waals surface area contributed by atoms with Gasteiger partial charge in [-0.2, -0.15) is 5.10 Å². The fourth-order valence-electron chi connectivity index (χ4n) is 2.68. The summed E-state index contributed by atoms with van der Waals surface area (Å²) in [6.45, 7) is 3.21. The van der Waals surface area contributed by atoms with Crippen molar-refractivity contribution in [1.29, 1.82) is 0 Å². The molecule has 1 saturated heterocycles. The van der Waals surface area contributed by atoms with Crippen LogP contribution < -0.4 is 10.9 Å². The van der Waals surface area contributed by atoms with Crippen LogP contribution >= 0.6 is 0 Å². The molecular formula is C16H19N3O4. The SMILES string of the molecule is CCO[C@@H]1COC[C@H]1NC(=O)Cn1ncc2ccccc2c1=O. The normalized spacial score (nSPS) is 20.7. The molecule has 0 bridgehead atoms. The second-order valence-electron chi connectivity index (χ2n) is 5.40. The smallest absolute Gasteiger partial charge is 0.275 e. The van der Waals surface area contributed by atoms with E-state index in [1.807, 2.05) is 19.1 Å². The Morgan fingerprint density at radius 1 is 1.43 bits per heavy atom. The molecule has 2 aromatic rings. The molecule has 1 N–H and O–H groups in total. The molecule has 1 aromatic heterocycles. The van der Waals surface area contributed by atoms with E-state index >= 15 is 0 Å². The Morgan fingerprint density at radius 3 is 3.09 bits per heavy atom. The number of amides is 1. The Labute approximate surface area is 133 Å². The summed E-state index contributed by atoms with van der Waals surface area (Å²) in [5.41, 5.74) is -0.276. The Morgan fingerprint density at radius 2 is 2.26 bits per heavy atom. The molecular weight excluding hydrogens is 298 g/mol. The van der Waals surface area contributed by atoms with Gasteiger partial charge in [0.2, 0.25) is 5.91 Å². The Hall–Kier alpha value is -2.25. The minimum Gasteiger partial charge on any atom is -0.376 e. The first kappa shape index (κ1) is 15.6. The predicted molar refractivity (Wildman–Crippen MR) is 84.2 cm³/mol. The van der Waals surface area contributed by atoms with Crippen molar-refractivity contribution < 1.29 is 14.3 Å². The monoisotopic (exact) mass is 317 g/mol. The fourth-order valence-corrected chi connectivity index (χ4v) is 2.68. The molecule has 0 aliphatic carbocycles. The van der Waals surface area contributed by atoms with E-state index in [2.05, 4.69) is 10.4 Å². The van der Waals surface area contributed by atoms with E-state index < -0.39 is 0 Å². The number of benzene rings is 1. The van der Waals surface area contributed by atoms with Gasteiger partial charge in [0, 0.05) is 12.0 Å². The van der Waals surface area contributed by atoms with Crippen LogP contribution in [0.4, 0.5) is 0 Å². The van der Waals surface area contributed by atoms with Crippen LogP contribution in [0.15, 0.2) is 35.3 Å². The van der Waals surface area contributed by atoms with Gasteiger partial charge < -0.3 is 14.8 Å². The largest absolute Gasteiger partial charge is 0.376 e. The lowest BCUT2D eigenvalue weighted by Crippen LogP contribution is -2.46. The van der Waals surface area contributed by atoms with Gasteiger partial charge in [-0.15, -0.1) is 0 Å². The number of nitrogens with zero attached hydrogens (tertiary/aromatic N) is 2. The summed E-state index contributed by atoms with van der Waals surface area (Å²) < 4.78 is 12.0. The third kappa shape index (κ3) is 3.40. The molecule has 2 heterocycles. The molecule has 1 aliphatic rings. The van der Waals surface area contributed by atoms with Crippen molar-refractivity contribution in [2.45, 2.75) is 25.6 Å². The number of rotatable bonds is 5. The minimum absolute atomic E-state index is 0.126. The molecule has 1 aromatic carbocycles. The quantitative estimate of drug-likeness (QED) is 0.858. The summed E-state index contributed by atoms with van der Waals surface area (Å²) in [5.74, 6) is -0.282. The van der Waals surface area contributed by atoms with Crippen molar-refractivity contribution >= 4 is 16.7 Å². The van der Waals surface area contributed by atoms with E-state index in [9.17, 15) is 9.59 Å². The van der Waals surface area contributed by atoms with Crippen LogP contribution in [0.1, 0.15) is 6.92 Å². The number of ether oxygens (including phenoxy) is 2. The summed E-state index contributed by atoms with van der Waals surface area (Å²) in [5, 5.41) is 8.21. The topological polar surface area (TPSA) is 82.4 Å². The van der Waals surface area contributed by atoms with Crippen LogP contribution in [0, 0.1) is 0 Å². The maximum atomic E-state index is 12.3. The lowest BCUT2D eigenvalue weighted by molar-refractivity contribution is -0.123. The van der Waals surface area contributed by atoms with Crippen LogP contribution in [0.3, 0.4) is 0 Å². The predicted octanol–water partition coefficient (Wildman–Crippen LogP) is 0.317. The van der Waals surface area contributed by atoms with Crippen LogP contribution in [0.5, 0.6) is 0 Å². The van der Waals surface area contributed by atoms with E-state index in [4.69, 9.17) is 9.47 Å². The molecule has 0 radical (unpaired) electrons. The highest BCUT2D eigenvalue weighted by atomic mass is 16.5. The zero-order chi connectivity index (χ0) is 16.2. The summed E-state index contributed by atoms with van der Waals surface area (Å²) in [7, 11) is 0. The molecule has 0 spiro atoms. The Kier molecular flexibility index (Phi) is 4.68. The standard InChI is InChI=1S/C16H19N3O4/c1-2-23-14-10-22-9-13(14)18-15(20)8-19-16(21)12-6-4-3-5-11(12)7-17-19/h3-7,13-14H,2,8-10H2,1H3,(H,18,20)/t13-,14-/m1/s1. The van der Waals surface area contributed by atoms with Crippen LogP contribution in [0.2, 0.25) is 0 Å². The average molecular weight is 317 g/mol. The number of nitrogens with one attached hydrogen (secondary N) is 1. The van der Waals surface area contributed by atoms with Gasteiger partial charge in [-0.05, 0) is 13.0 Å². The number of carbonyl (C=O) groups is 1. The van der Waals surface area contributed by atoms with Gasteiger partial charge in [0.05, 0.1) is 30.8 Å². The molecule has 7 nitrogen and oxygen atoms in total. The third-order valence-electron chi connectivity index (χ3n) is 3.81. The highest BCUT2D eigenvalue weighted by Crippen LogP contribution is 2.10. The van der Waals surface area contributed by atoms with Gasteiger partial charge in [0.15, 0.2) is 0 Å². The highest BCUT2D eigenvalue weighted by Gasteiger charge is 2.30. The number of fused-ring (bicyclic) bond motifs is 1. The molecule has 0 saturated carbocycles. The molecule has 2 atom stereocenters. The number of carbonyl (C=O) groups excluding carboxylic acids is 1. The molecule has 122 valence electrons. The summed E-state index contributed by atoms with van der Waals surface area (Å²) in [6, 6.07) is 6.98. The first-order chi connectivity index (χ1) is 11.2. The van der Waals surface area contributed by atoms with E-state index in [1.54, 1.807) is 18.3 Å². The summed E-state index contributed by atoms with van der Waals surface area (Å²) >= 11 is 0. The maximum absolute atomic E-state index is 12.3. The molecule has 0 unspecified atom stereocenters. The van der Waals surface area contributed by atoms with E-state index in [0.717, 1.165) is 5.39 Å². The zero-order valence-electron chi connectivity index (χ0n) is 12.9. The van der Waals surface area contributed by atoms with Crippen molar-refractivity contribution in [3.05, 3.63) is 40.8 Å². The van der Waals surface area contributed by atoms with Crippen molar-refractivity contribution in [2.24, 2.45) is 0 Å². The molecule has 1 amide bonds. The van der Waals surface area contributed by atoms with Crippen LogP contribution in [-0.4, -0.2) is 47.7 Å².